The average Bonchev–Trinajstić information content (AvgIpc) is 2.96. The van der Waals surface area contributed by atoms with Gasteiger partial charge >= 0.3 is 11.9 Å². The standard InChI is InChI=1S/C34H42O12/c1-9-45-29(41)19(30(42)46-10-2)13-17-11-12-18-15(5)32(7)23(26(38)21(18)24(17)36)28(40)34(44)27(39)20(16(6)35)25(37)22(14(3)4)33(34,8)31(32)43/h11-12,14-15,19-20,22-23,31,36,43-44H,9-10,13H2,1-8H3/t15-,20?,22?,23?,31-,32+,33+,34+/m1/s1. The van der Waals surface area contributed by atoms with Crippen LogP contribution >= 0.6 is 0 Å². The minimum atomic E-state index is -3.09. The number of carbonyl (C=O) groups is 7. The number of benzene rings is 1. The van der Waals surface area contributed by atoms with Crippen molar-refractivity contribution in [1.29, 1.82) is 0 Å². The lowest BCUT2D eigenvalue weighted by atomic mass is 9.37. The lowest BCUT2D eigenvalue weighted by Crippen LogP contribution is -2.81. The molecule has 0 spiro atoms. The number of carbonyl (C=O) groups excluding carboxylic acids is 7. The quantitative estimate of drug-likeness (QED) is 0.275. The zero-order chi connectivity index (χ0) is 34.8. The molecule has 3 unspecified atom stereocenters. The van der Waals surface area contributed by atoms with Crippen molar-refractivity contribution in [3.8, 4) is 5.75 Å². The van der Waals surface area contributed by atoms with Crippen molar-refractivity contribution in [2.45, 2.75) is 79.4 Å². The van der Waals surface area contributed by atoms with Crippen molar-refractivity contribution in [2.24, 2.45) is 40.4 Å². The van der Waals surface area contributed by atoms with E-state index in [9.17, 15) is 48.9 Å². The first-order valence-electron chi connectivity index (χ1n) is 15.6. The van der Waals surface area contributed by atoms with Gasteiger partial charge in [0.25, 0.3) is 0 Å². The van der Waals surface area contributed by atoms with Gasteiger partial charge in [-0.15, -0.1) is 0 Å². The summed E-state index contributed by atoms with van der Waals surface area (Å²) in [5.74, 6) is -15.8. The highest BCUT2D eigenvalue weighted by Crippen LogP contribution is 2.66. The molecule has 46 heavy (non-hydrogen) atoms. The minimum absolute atomic E-state index is 0.00257. The van der Waals surface area contributed by atoms with Gasteiger partial charge in [0.2, 0.25) is 0 Å². The van der Waals surface area contributed by atoms with Crippen molar-refractivity contribution in [1.82, 2.24) is 0 Å². The van der Waals surface area contributed by atoms with Crippen LogP contribution in [0.4, 0.5) is 0 Å². The van der Waals surface area contributed by atoms with Crippen LogP contribution in [0.5, 0.6) is 5.75 Å². The second-order valence-corrected chi connectivity index (χ2v) is 13.5. The van der Waals surface area contributed by atoms with E-state index in [2.05, 4.69) is 0 Å². The molecule has 0 heterocycles. The molecular weight excluding hydrogens is 600 g/mol. The molecule has 0 bridgehead atoms. The van der Waals surface area contributed by atoms with E-state index in [1.165, 1.54) is 26.0 Å². The van der Waals surface area contributed by atoms with Gasteiger partial charge in [0.15, 0.2) is 34.7 Å². The van der Waals surface area contributed by atoms with Gasteiger partial charge in [-0.1, -0.05) is 46.8 Å². The molecule has 4 rings (SSSR count). The minimum Gasteiger partial charge on any atom is -0.507 e. The molecule has 1 aromatic carbocycles. The molecule has 0 aromatic heterocycles. The van der Waals surface area contributed by atoms with Gasteiger partial charge in [-0.05, 0) is 50.2 Å². The third-order valence-corrected chi connectivity index (χ3v) is 10.9. The van der Waals surface area contributed by atoms with Gasteiger partial charge in [0.05, 0.1) is 30.8 Å². The second-order valence-electron chi connectivity index (χ2n) is 13.5. The number of hydrogen-bond donors (Lipinski definition) is 3. The van der Waals surface area contributed by atoms with Crippen LogP contribution in [0.1, 0.15) is 82.8 Å². The monoisotopic (exact) mass is 642 g/mol. The number of ketones is 5. The van der Waals surface area contributed by atoms with E-state index >= 15 is 0 Å². The van der Waals surface area contributed by atoms with Gasteiger partial charge in [0, 0.05) is 16.7 Å². The van der Waals surface area contributed by atoms with E-state index < -0.39 is 111 Å². The third kappa shape index (κ3) is 4.43. The highest BCUT2D eigenvalue weighted by atomic mass is 16.6. The predicted molar refractivity (Wildman–Crippen MR) is 159 cm³/mol. The summed E-state index contributed by atoms with van der Waals surface area (Å²) in [5, 5.41) is 35.9. The van der Waals surface area contributed by atoms with Crippen LogP contribution in [-0.2, 0) is 44.7 Å². The number of Topliss-reactive ketones (excluding diaryl/α,β-unsaturated/α-hetero) is 5. The van der Waals surface area contributed by atoms with E-state index in [0.29, 0.717) is 0 Å². The van der Waals surface area contributed by atoms with Crippen molar-refractivity contribution in [3.05, 3.63) is 28.8 Å². The van der Waals surface area contributed by atoms with Crippen LogP contribution in [0.3, 0.4) is 0 Å². The summed E-state index contributed by atoms with van der Waals surface area (Å²) in [6, 6.07) is 2.91. The summed E-state index contributed by atoms with van der Waals surface area (Å²) in [6.45, 7) is 11.7. The lowest BCUT2D eigenvalue weighted by Gasteiger charge is -2.65. The number of ether oxygens (including phenoxy) is 2. The molecule has 3 aliphatic carbocycles. The SMILES string of the molecule is CCOC(=O)C(Cc1ccc2c(c1O)C(=O)C1C(=O)[C@@]3(O)C(=O)C(C(C)=O)C(=O)C(C(C)C)[C@@]3(C)[C@H](O)[C@@]1(C)[C@@H]2C)C(=O)OCC. The van der Waals surface area contributed by atoms with Crippen molar-refractivity contribution >= 4 is 40.9 Å². The fourth-order valence-corrected chi connectivity index (χ4v) is 8.53. The van der Waals surface area contributed by atoms with Crippen molar-refractivity contribution < 1.29 is 58.4 Å². The molecule has 2 fully saturated rings. The summed E-state index contributed by atoms with van der Waals surface area (Å²) in [6.07, 6.45) is -2.19. The smallest absolute Gasteiger partial charge is 0.320 e. The van der Waals surface area contributed by atoms with E-state index in [-0.39, 0.29) is 29.9 Å². The molecule has 1 aromatic rings. The summed E-state index contributed by atoms with van der Waals surface area (Å²) in [7, 11) is 0. The average molecular weight is 643 g/mol. The molecule has 250 valence electrons. The van der Waals surface area contributed by atoms with Crippen LogP contribution in [0.15, 0.2) is 12.1 Å². The molecule has 0 amide bonds. The Hall–Kier alpha value is -3.77. The molecule has 8 atom stereocenters. The molecule has 2 saturated carbocycles. The Kier molecular flexibility index (Phi) is 8.99. The molecule has 0 aliphatic heterocycles. The number of aliphatic hydroxyl groups excluding tert-OH is 1. The summed E-state index contributed by atoms with van der Waals surface area (Å²) in [4.78, 5) is 94.4. The Labute approximate surface area is 266 Å². The Morgan fingerprint density at radius 2 is 1.50 bits per heavy atom. The zero-order valence-electron chi connectivity index (χ0n) is 27.3. The first kappa shape index (κ1) is 35.1. The molecular formula is C34H42O12. The van der Waals surface area contributed by atoms with Crippen LogP contribution in [0, 0.1) is 40.4 Å². The summed E-state index contributed by atoms with van der Waals surface area (Å²) in [5.41, 5.74) is -6.96. The molecule has 12 nitrogen and oxygen atoms in total. The van der Waals surface area contributed by atoms with Gasteiger partial charge < -0.3 is 24.8 Å². The van der Waals surface area contributed by atoms with Crippen LogP contribution < -0.4 is 0 Å². The molecule has 12 heteroatoms. The normalized spacial score (nSPS) is 33.8. The third-order valence-electron chi connectivity index (χ3n) is 10.9. The Morgan fingerprint density at radius 1 is 0.957 bits per heavy atom. The van der Waals surface area contributed by atoms with Gasteiger partial charge in [-0.3, -0.25) is 33.6 Å². The van der Waals surface area contributed by atoms with Crippen LogP contribution in [0.25, 0.3) is 0 Å². The Balaban J connectivity index is 1.93. The first-order chi connectivity index (χ1) is 21.3. The van der Waals surface area contributed by atoms with Crippen molar-refractivity contribution in [2.75, 3.05) is 13.2 Å². The Bertz CT molecular complexity index is 1520. The maximum atomic E-state index is 14.6. The maximum absolute atomic E-state index is 14.6. The molecule has 0 saturated heterocycles. The fourth-order valence-electron chi connectivity index (χ4n) is 8.53. The van der Waals surface area contributed by atoms with E-state index in [1.807, 2.05) is 0 Å². The number of aromatic hydroxyl groups is 1. The molecule has 3 N–H and O–H groups in total. The second kappa shape index (κ2) is 11.8. The van der Waals surface area contributed by atoms with E-state index in [0.717, 1.165) is 6.92 Å². The van der Waals surface area contributed by atoms with E-state index in [4.69, 9.17) is 9.47 Å². The largest absolute Gasteiger partial charge is 0.507 e. The molecule has 0 radical (unpaired) electrons. The summed E-state index contributed by atoms with van der Waals surface area (Å²) < 4.78 is 10.0. The predicted octanol–water partition coefficient (Wildman–Crippen LogP) is 1.91. The number of aliphatic hydroxyl groups is 2. The van der Waals surface area contributed by atoms with Gasteiger partial charge in [-0.25, -0.2) is 0 Å². The highest BCUT2D eigenvalue weighted by Gasteiger charge is 2.80. The number of phenolic OH excluding ortho intramolecular Hbond substituents is 1. The van der Waals surface area contributed by atoms with Gasteiger partial charge in [-0.2, -0.15) is 0 Å². The maximum Gasteiger partial charge on any atom is 0.320 e. The summed E-state index contributed by atoms with van der Waals surface area (Å²) >= 11 is 0. The topological polar surface area (TPSA) is 199 Å². The highest BCUT2D eigenvalue weighted by molar-refractivity contribution is 6.33. The fraction of sp³-hybridized carbons (Fsp3) is 0.618. The number of hydrogen-bond acceptors (Lipinski definition) is 12. The zero-order valence-corrected chi connectivity index (χ0v) is 27.3. The number of rotatable bonds is 8. The Morgan fingerprint density at radius 3 is 1.98 bits per heavy atom. The van der Waals surface area contributed by atoms with Gasteiger partial charge in [0.1, 0.15) is 17.5 Å². The van der Waals surface area contributed by atoms with Crippen molar-refractivity contribution in [3.63, 3.8) is 0 Å². The molecule has 3 aliphatic rings. The van der Waals surface area contributed by atoms with Crippen LogP contribution in [-0.4, -0.2) is 81.1 Å². The van der Waals surface area contributed by atoms with Crippen LogP contribution in [0.2, 0.25) is 0 Å². The number of phenols is 1. The number of fused-ring (bicyclic) bond motifs is 3. The lowest BCUT2D eigenvalue weighted by molar-refractivity contribution is -0.240. The first-order valence-corrected chi connectivity index (χ1v) is 15.6. The van der Waals surface area contributed by atoms with E-state index in [1.54, 1.807) is 34.6 Å². The number of esters is 2.